The zero-order valence-electron chi connectivity index (χ0n) is 11.8. The van der Waals surface area contributed by atoms with Crippen molar-refractivity contribution >= 4 is 11.8 Å². The summed E-state index contributed by atoms with van der Waals surface area (Å²) < 4.78 is 0. The molecule has 1 rings (SSSR count). The van der Waals surface area contributed by atoms with E-state index in [0.717, 1.165) is 12.8 Å². The summed E-state index contributed by atoms with van der Waals surface area (Å²) in [4.78, 5) is 25.3. The first-order valence-electron chi connectivity index (χ1n) is 6.50. The summed E-state index contributed by atoms with van der Waals surface area (Å²) in [5, 5.41) is 0. The zero-order valence-corrected chi connectivity index (χ0v) is 11.8. The first kappa shape index (κ1) is 15.0. The van der Waals surface area contributed by atoms with E-state index >= 15 is 0 Å². The van der Waals surface area contributed by atoms with E-state index < -0.39 is 6.04 Å². The van der Waals surface area contributed by atoms with Crippen molar-refractivity contribution in [2.45, 2.75) is 52.6 Å². The molecule has 3 unspecified atom stereocenters. The van der Waals surface area contributed by atoms with Gasteiger partial charge in [0.05, 0.1) is 12.0 Å². The van der Waals surface area contributed by atoms with Crippen molar-refractivity contribution in [3.05, 3.63) is 0 Å². The molecule has 1 heterocycles. The van der Waals surface area contributed by atoms with Crippen LogP contribution < -0.4 is 11.5 Å². The molecule has 1 fully saturated rings. The number of hydrogen-bond acceptors (Lipinski definition) is 3. The first-order valence-corrected chi connectivity index (χ1v) is 6.50. The number of rotatable bonds is 2. The molecular weight excluding hydrogens is 230 g/mol. The van der Waals surface area contributed by atoms with Crippen LogP contribution in [-0.2, 0) is 9.59 Å². The molecule has 18 heavy (non-hydrogen) atoms. The van der Waals surface area contributed by atoms with E-state index in [1.54, 1.807) is 4.90 Å². The van der Waals surface area contributed by atoms with Gasteiger partial charge in [0.2, 0.25) is 11.8 Å². The Hall–Kier alpha value is -1.10. The molecule has 0 bridgehead atoms. The molecule has 0 aromatic rings. The van der Waals surface area contributed by atoms with E-state index in [2.05, 4.69) is 0 Å². The van der Waals surface area contributed by atoms with Gasteiger partial charge in [0.1, 0.15) is 0 Å². The van der Waals surface area contributed by atoms with Gasteiger partial charge in [-0.25, -0.2) is 0 Å². The highest BCUT2D eigenvalue weighted by Crippen LogP contribution is 2.25. The Morgan fingerprint density at radius 2 is 1.83 bits per heavy atom. The summed E-state index contributed by atoms with van der Waals surface area (Å²) >= 11 is 0. The number of nitrogens with zero attached hydrogens (tertiary/aromatic N) is 1. The van der Waals surface area contributed by atoms with Gasteiger partial charge in [-0.3, -0.25) is 9.59 Å². The SMILES string of the molecule is CC1CCC(C(N)=O)CN1C(=O)C(N)C(C)(C)C. The second kappa shape index (κ2) is 5.26. The third-order valence-corrected chi connectivity index (χ3v) is 3.77. The molecular formula is C13H25N3O2. The first-order chi connectivity index (χ1) is 8.14. The van der Waals surface area contributed by atoms with Crippen LogP contribution in [0.3, 0.4) is 0 Å². The fourth-order valence-corrected chi connectivity index (χ4v) is 2.20. The van der Waals surface area contributed by atoms with E-state index in [4.69, 9.17) is 11.5 Å². The lowest BCUT2D eigenvalue weighted by molar-refractivity contribution is -0.141. The molecule has 1 aliphatic rings. The van der Waals surface area contributed by atoms with E-state index in [9.17, 15) is 9.59 Å². The van der Waals surface area contributed by atoms with Gasteiger partial charge >= 0.3 is 0 Å². The summed E-state index contributed by atoms with van der Waals surface area (Å²) in [6.07, 6.45) is 1.56. The Labute approximate surface area is 109 Å². The van der Waals surface area contributed by atoms with Gasteiger partial charge in [-0.1, -0.05) is 20.8 Å². The Morgan fingerprint density at radius 1 is 1.28 bits per heavy atom. The lowest BCUT2D eigenvalue weighted by Crippen LogP contribution is -2.56. The second-order valence-electron chi connectivity index (χ2n) is 6.36. The van der Waals surface area contributed by atoms with Crippen molar-refractivity contribution in [1.82, 2.24) is 4.90 Å². The Kier molecular flexibility index (Phi) is 4.37. The predicted molar refractivity (Wildman–Crippen MR) is 70.5 cm³/mol. The number of amides is 2. The summed E-state index contributed by atoms with van der Waals surface area (Å²) in [5.41, 5.74) is 11.0. The van der Waals surface area contributed by atoms with Crippen LogP contribution in [0.4, 0.5) is 0 Å². The molecule has 2 amide bonds. The summed E-state index contributed by atoms with van der Waals surface area (Å²) in [6, 6.07) is -0.423. The number of carbonyl (C=O) groups is 2. The van der Waals surface area contributed by atoms with Crippen molar-refractivity contribution in [3.8, 4) is 0 Å². The maximum atomic E-state index is 12.4. The largest absolute Gasteiger partial charge is 0.369 e. The highest BCUT2D eigenvalue weighted by molar-refractivity contribution is 5.84. The van der Waals surface area contributed by atoms with Gasteiger partial charge in [-0.15, -0.1) is 0 Å². The molecule has 4 N–H and O–H groups in total. The molecule has 1 aliphatic heterocycles. The molecule has 5 heteroatoms. The lowest BCUT2D eigenvalue weighted by Gasteiger charge is -2.40. The Bertz CT molecular complexity index is 336. The van der Waals surface area contributed by atoms with Gasteiger partial charge in [0.15, 0.2) is 0 Å². The van der Waals surface area contributed by atoms with Crippen molar-refractivity contribution < 1.29 is 9.59 Å². The van der Waals surface area contributed by atoms with Crippen LogP contribution in [0.15, 0.2) is 0 Å². The number of carbonyl (C=O) groups excluding carboxylic acids is 2. The van der Waals surface area contributed by atoms with Crippen LogP contribution in [-0.4, -0.2) is 35.3 Å². The van der Waals surface area contributed by atoms with Crippen LogP contribution in [0.25, 0.3) is 0 Å². The minimum absolute atomic E-state index is 0.0825. The normalized spacial score (nSPS) is 26.8. The summed E-state index contributed by atoms with van der Waals surface area (Å²) in [6.45, 7) is 8.21. The maximum absolute atomic E-state index is 12.4. The van der Waals surface area contributed by atoms with Gasteiger partial charge < -0.3 is 16.4 Å². The molecule has 0 radical (unpaired) electrons. The maximum Gasteiger partial charge on any atom is 0.240 e. The van der Waals surface area contributed by atoms with Gasteiger partial charge in [-0.05, 0) is 25.2 Å². The van der Waals surface area contributed by atoms with E-state index in [1.165, 1.54) is 0 Å². The third kappa shape index (κ3) is 3.22. The third-order valence-electron chi connectivity index (χ3n) is 3.77. The van der Waals surface area contributed by atoms with Crippen molar-refractivity contribution in [3.63, 3.8) is 0 Å². The highest BCUT2D eigenvalue weighted by Gasteiger charge is 2.37. The number of hydrogen-bond donors (Lipinski definition) is 2. The molecule has 0 aromatic heterocycles. The fourth-order valence-electron chi connectivity index (χ4n) is 2.20. The summed E-state index contributed by atoms with van der Waals surface area (Å²) in [5.74, 6) is -0.651. The van der Waals surface area contributed by atoms with Crippen LogP contribution in [0.2, 0.25) is 0 Å². The van der Waals surface area contributed by atoms with E-state index in [1.807, 2.05) is 27.7 Å². The lowest BCUT2D eigenvalue weighted by atomic mass is 9.85. The quantitative estimate of drug-likeness (QED) is 0.751. The van der Waals surface area contributed by atoms with E-state index in [-0.39, 0.29) is 29.2 Å². The van der Waals surface area contributed by atoms with Gasteiger partial charge in [0, 0.05) is 12.6 Å². The predicted octanol–water partition coefficient (Wildman–Crippen LogP) is 0.472. The topological polar surface area (TPSA) is 89.4 Å². The number of nitrogens with two attached hydrogens (primary N) is 2. The molecule has 0 spiro atoms. The molecule has 104 valence electrons. The van der Waals surface area contributed by atoms with Gasteiger partial charge in [-0.2, -0.15) is 0 Å². The highest BCUT2D eigenvalue weighted by atomic mass is 16.2. The molecule has 0 aliphatic carbocycles. The minimum Gasteiger partial charge on any atom is -0.369 e. The molecule has 0 aromatic carbocycles. The fraction of sp³-hybridized carbons (Fsp3) is 0.846. The molecule has 1 saturated heterocycles. The van der Waals surface area contributed by atoms with Crippen LogP contribution in [0.1, 0.15) is 40.5 Å². The van der Waals surface area contributed by atoms with E-state index in [0.29, 0.717) is 6.54 Å². The minimum atomic E-state index is -0.549. The molecule has 0 saturated carbocycles. The Morgan fingerprint density at radius 3 is 2.28 bits per heavy atom. The second-order valence-corrected chi connectivity index (χ2v) is 6.36. The smallest absolute Gasteiger partial charge is 0.240 e. The molecule has 3 atom stereocenters. The monoisotopic (exact) mass is 255 g/mol. The zero-order chi connectivity index (χ0) is 14.1. The Balaban J connectivity index is 2.80. The van der Waals surface area contributed by atoms with Crippen molar-refractivity contribution in [1.29, 1.82) is 0 Å². The molecule has 5 nitrogen and oxygen atoms in total. The average Bonchev–Trinajstić information content (AvgIpc) is 2.26. The standard InChI is InChI=1S/C13H25N3O2/c1-8-5-6-9(11(15)17)7-16(8)12(18)10(14)13(2,3)4/h8-10H,5-7,14H2,1-4H3,(H2,15,17). The number of primary amides is 1. The van der Waals surface area contributed by atoms with Crippen LogP contribution >= 0.6 is 0 Å². The van der Waals surface area contributed by atoms with Crippen molar-refractivity contribution in [2.75, 3.05) is 6.54 Å². The summed E-state index contributed by atoms with van der Waals surface area (Å²) in [7, 11) is 0. The number of piperidine rings is 1. The van der Waals surface area contributed by atoms with Crippen LogP contribution in [0.5, 0.6) is 0 Å². The van der Waals surface area contributed by atoms with Gasteiger partial charge in [0.25, 0.3) is 0 Å². The van der Waals surface area contributed by atoms with Crippen LogP contribution in [0, 0.1) is 11.3 Å². The number of likely N-dealkylation sites (tertiary alicyclic amines) is 1. The average molecular weight is 255 g/mol. The van der Waals surface area contributed by atoms with Crippen molar-refractivity contribution in [2.24, 2.45) is 22.8 Å².